The van der Waals surface area contributed by atoms with Crippen molar-refractivity contribution in [2.75, 3.05) is 10.8 Å². The van der Waals surface area contributed by atoms with Crippen molar-refractivity contribution in [2.45, 2.75) is 69.0 Å². The molecule has 1 aliphatic carbocycles. The molecule has 1 unspecified atom stereocenters. The lowest BCUT2D eigenvalue weighted by Gasteiger charge is -2.35. The first-order valence-electron chi connectivity index (χ1n) is 16.0. The van der Waals surface area contributed by atoms with Crippen LogP contribution in [0.3, 0.4) is 0 Å². The van der Waals surface area contributed by atoms with Gasteiger partial charge in [0.05, 0.1) is 20.6 Å². The van der Waals surface area contributed by atoms with E-state index in [0.29, 0.717) is 15.6 Å². The Hall–Kier alpha value is -3.27. The van der Waals surface area contributed by atoms with E-state index in [4.69, 9.17) is 46.4 Å². The van der Waals surface area contributed by atoms with Crippen molar-refractivity contribution in [2.24, 2.45) is 0 Å². The molecule has 5 rings (SSSR count). The number of sulfonamides is 1. The van der Waals surface area contributed by atoms with Gasteiger partial charge in [-0.05, 0) is 67.8 Å². The maximum Gasteiger partial charge on any atom is 0.264 e. The van der Waals surface area contributed by atoms with Crippen LogP contribution in [0, 0.1) is 6.92 Å². The smallest absolute Gasteiger partial charge is 0.264 e. The summed E-state index contributed by atoms with van der Waals surface area (Å²) >= 11 is 25.8. The van der Waals surface area contributed by atoms with Crippen LogP contribution in [0.1, 0.15) is 48.8 Å². The van der Waals surface area contributed by atoms with Crippen molar-refractivity contribution in [1.82, 2.24) is 10.2 Å². The third-order valence-electron chi connectivity index (χ3n) is 8.69. The number of anilines is 1. The second kappa shape index (κ2) is 16.6. The molecule has 0 radical (unpaired) electrons. The molecule has 12 heteroatoms. The monoisotopic (exact) mass is 759 g/mol. The van der Waals surface area contributed by atoms with Crippen molar-refractivity contribution in [3.05, 3.63) is 128 Å². The number of amides is 2. The largest absolute Gasteiger partial charge is 0.352 e. The minimum Gasteiger partial charge on any atom is -0.352 e. The SMILES string of the molecule is Cc1ccc(S(=O)(=O)N(CC(=O)N(Cc2c(Cl)cccc2Cl)C(Cc2ccccc2)C(=O)NC2CCCCC2)c2ccc(Cl)c(Cl)c2)cc1. The zero-order valence-corrected chi connectivity index (χ0v) is 30.8. The molecule has 1 saturated carbocycles. The predicted molar refractivity (Wildman–Crippen MR) is 198 cm³/mol. The summed E-state index contributed by atoms with van der Waals surface area (Å²) in [6.07, 6.45) is 4.96. The van der Waals surface area contributed by atoms with Crippen LogP contribution in [0.4, 0.5) is 5.69 Å². The number of benzene rings is 4. The summed E-state index contributed by atoms with van der Waals surface area (Å²) in [6, 6.07) is 24.0. The van der Waals surface area contributed by atoms with E-state index in [1.165, 1.54) is 35.2 Å². The van der Waals surface area contributed by atoms with Crippen LogP contribution >= 0.6 is 46.4 Å². The summed E-state index contributed by atoms with van der Waals surface area (Å²) in [7, 11) is -4.31. The van der Waals surface area contributed by atoms with Crippen LogP contribution in [0.5, 0.6) is 0 Å². The molecule has 1 N–H and O–H groups in total. The maximum atomic E-state index is 14.8. The Bertz CT molecular complexity index is 1870. The van der Waals surface area contributed by atoms with Gasteiger partial charge in [0.2, 0.25) is 11.8 Å². The Morgan fingerprint density at radius 2 is 1.45 bits per heavy atom. The van der Waals surface area contributed by atoms with Crippen LogP contribution in [-0.4, -0.2) is 43.8 Å². The topological polar surface area (TPSA) is 86.8 Å². The molecule has 4 aromatic carbocycles. The summed E-state index contributed by atoms with van der Waals surface area (Å²) in [5, 5.41) is 4.15. The average molecular weight is 762 g/mol. The highest BCUT2D eigenvalue weighted by Crippen LogP contribution is 2.32. The molecule has 0 saturated heterocycles. The summed E-state index contributed by atoms with van der Waals surface area (Å²) < 4.78 is 29.5. The Kier molecular flexibility index (Phi) is 12.6. The standard InChI is InChI=1S/C37H37Cl4N3O4S/c1-25-15-18-29(19-16-25)49(47,48)44(28-17-20-33(40)34(41)22-28)24-36(45)43(23-30-31(38)13-8-14-32(30)39)35(21-26-9-4-2-5-10-26)37(46)42-27-11-6-3-7-12-27/h2,4-5,8-10,13-20,22,27,35H,3,6-7,11-12,21,23-24H2,1H3,(H,42,46). The maximum absolute atomic E-state index is 14.8. The van der Waals surface area contributed by atoms with Crippen molar-refractivity contribution < 1.29 is 18.0 Å². The third-order valence-corrected chi connectivity index (χ3v) is 11.9. The number of nitrogens with zero attached hydrogens (tertiary/aromatic N) is 2. The number of rotatable bonds is 12. The fraction of sp³-hybridized carbons (Fsp3) is 0.297. The number of hydrogen-bond donors (Lipinski definition) is 1. The van der Waals surface area contributed by atoms with Crippen LogP contribution in [-0.2, 0) is 32.6 Å². The first-order valence-corrected chi connectivity index (χ1v) is 19.0. The number of nitrogens with one attached hydrogen (secondary N) is 1. The molecule has 1 fully saturated rings. The Balaban J connectivity index is 1.60. The molecule has 1 atom stereocenters. The number of aryl methyl sites for hydroxylation is 1. The summed E-state index contributed by atoms with van der Waals surface area (Å²) in [4.78, 5) is 30.4. The van der Waals surface area contributed by atoms with Gasteiger partial charge >= 0.3 is 0 Å². The van der Waals surface area contributed by atoms with Crippen LogP contribution in [0.2, 0.25) is 20.1 Å². The summed E-state index contributed by atoms with van der Waals surface area (Å²) in [6.45, 7) is 1.05. The first kappa shape index (κ1) is 37.0. The number of carbonyl (C=O) groups excluding carboxylic acids is 2. The minimum absolute atomic E-state index is 0.0199. The van der Waals surface area contributed by atoms with Gasteiger partial charge < -0.3 is 10.2 Å². The Morgan fingerprint density at radius 1 is 0.796 bits per heavy atom. The minimum atomic E-state index is -4.31. The first-order chi connectivity index (χ1) is 23.4. The predicted octanol–water partition coefficient (Wildman–Crippen LogP) is 8.89. The quantitative estimate of drug-likeness (QED) is 0.156. The molecule has 1 aliphatic rings. The molecule has 258 valence electrons. The van der Waals surface area contributed by atoms with E-state index in [2.05, 4.69) is 5.32 Å². The highest BCUT2D eigenvalue weighted by molar-refractivity contribution is 7.92. The van der Waals surface area contributed by atoms with Gasteiger partial charge in [-0.3, -0.25) is 13.9 Å². The zero-order valence-electron chi connectivity index (χ0n) is 26.9. The zero-order chi connectivity index (χ0) is 35.1. The van der Waals surface area contributed by atoms with Gasteiger partial charge in [-0.1, -0.05) is 120 Å². The second-order valence-electron chi connectivity index (χ2n) is 12.2. The average Bonchev–Trinajstić information content (AvgIpc) is 3.08. The van der Waals surface area contributed by atoms with E-state index in [-0.39, 0.29) is 45.5 Å². The molecule has 0 aromatic heterocycles. The van der Waals surface area contributed by atoms with Gasteiger partial charge in [-0.15, -0.1) is 0 Å². The summed E-state index contributed by atoms with van der Waals surface area (Å²) in [5.74, 6) is -0.979. The lowest BCUT2D eigenvalue weighted by molar-refractivity contribution is -0.140. The van der Waals surface area contributed by atoms with Crippen molar-refractivity contribution in [3.63, 3.8) is 0 Å². The van der Waals surface area contributed by atoms with E-state index in [1.54, 1.807) is 30.3 Å². The van der Waals surface area contributed by atoms with Crippen LogP contribution < -0.4 is 9.62 Å². The lowest BCUT2D eigenvalue weighted by atomic mass is 9.94. The molecule has 0 bridgehead atoms. The highest BCUT2D eigenvalue weighted by atomic mass is 35.5. The van der Waals surface area contributed by atoms with Gasteiger partial charge in [-0.25, -0.2) is 8.42 Å². The molecule has 0 aliphatic heterocycles. The Labute approximate surface area is 308 Å². The van der Waals surface area contributed by atoms with Crippen molar-refractivity contribution >= 4 is 73.9 Å². The van der Waals surface area contributed by atoms with Crippen LogP contribution in [0.25, 0.3) is 0 Å². The molecule has 2 amide bonds. The van der Waals surface area contributed by atoms with E-state index in [0.717, 1.165) is 47.5 Å². The number of halogens is 4. The van der Waals surface area contributed by atoms with E-state index >= 15 is 0 Å². The van der Waals surface area contributed by atoms with E-state index < -0.39 is 28.5 Å². The molecular formula is C37H37Cl4N3O4S. The second-order valence-corrected chi connectivity index (χ2v) is 15.7. The van der Waals surface area contributed by atoms with Crippen molar-refractivity contribution in [3.8, 4) is 0 Å². The molecule has 0 spiro atoms. The normalized spacial score (nSPS) is 14.2. The molecule has 0 heterocycles. The fourth-order valence-electron chi connectivity index (χ4n) is 5.96. The van der Waals surface area contributed by atoms with Gasteiger partial charge in [-0.2, -0.15) is 0 Å². The van der Waals surface area contributed by atoms with Crippen LogP contribution in [0.15, 0.2) is 95.9 Å². The van der Waals surface area contributed by atoms with Gasteiger partial charge in [0.15, 0.2) is 0 Å². The molecule has 4 aromatic rings. The Morgan fingerprint density at radius 3 is 2.08 bits per heavy atom. The van der Waals surface area contributed by atoms with Gasteiger partial charge in [0, 0.05) is 34.6 Å². The number of carbonyl (C=O) groups is 2. The van der Waals surface area contributed by atoms with E-state index in [1.807, 2.05) is 37.3 Å². The summed E-state index contributed by atoms with van der Waals surface area (Å²) in [5.41, 5.74) is 2.25. The molecule has 7 nitrogen and oxygen atoms in total. The lowest BCUT2D eigenvalue weighted by Crippen LogP contribution is -2.55. The van der Waals surface area contributed by atoms with E-state index in [9.17, 15) is 18.0 Å². The molecular weight excluding hydrogens is 724 g/mol. The van der Waals surface area contributed by atoms with Gasteiger partial charge in [0.1, 0.15) is 12.6 Å². The number of hydrogen-bond acceptors (Lipinski definition) is 4. The molecule has 49 heavy (non-hydrogen) atoms. The highest BCUT2D eigenvalue weighted by Gasteiger charge is 2.36. The van der Waals surface area contributed by atoms with Gasteiger partial charge in [0.25, 0.3) is 10.0 Å². The third kappa shape index (κ3) is 9.30. The van der Waals surface area contributed by atoms with Crippen molar-refractivity contribution in [1.29, 1.82) is 0 Å². The fourth-order valence-corrected chi connectivity index (χ4v) is 8.17.